The van der Waals surface area contributed by atoms with Gasteiger partial charge in [-0.2, -0.15) is 15.1 Å². The lowest BCUT2D eigenvalue weighted by molar-refractivity contribution is -0.126. The second-order valence-corrected chi connectivity index (χ2v) is 7.17. The third-order valence-corrected chi connectivity index (χ3v) is 4.98. The minimum atomic E-state index is -0.200. The van der Waals surface area contributed by atoms with Crippen molar-refractivity contribution in [1.29, 1.82) is 0 Å². The maximum Gasteiger partial charge on any atom is 0.246 e. The minimum absolute atomic E-state index is 0.0579. The van der Waals surface area contributed by atoms with Crippen molar-refractivity contribution >= 4 is 40.2 Å². The molecule has 0 bridgehead atoms. The van der Waals surface area contributed by atoms with Crippen LogP contribution in [0.1, 0.15) is 13.3 Å². The maximum atomic E-state index is 12.0. The molecule has 1 saturated heterocycles. The molecular formula is C18H20ClN7O2. The number of likely N-dealkylation sites (tertiary alicyclic amines) is 1. The number of nitrogens with one attached hydrogen (secondary N) is 2. The smallest absolute Gasteiger partial charge is 0.246 e. The van der Waals surface area contributed by atoms with E-state index in [2.05, 4.69) is 31.9 Å². The van der Waals surface area contributed by atoms with Crippen LogP contribution in [-0.4, -0.2) is 54.2 Å². The van der Waals surface area contributed by atoms with Gasteiger partial charge < -0.3 is 19.9 Å². The second-order valence-electron chi connectivity index (χ2n) is 6.76. The number of anilines is 2. The molecule has 3 aromatic heterocycles. The molecule has 3 aromatic rings. The van der Waals surface area contributed by atoms with Crippen molar-refractivity contribution < 1.29 is 9.53 Å². The Morgan fingerprint density at radius 3 is 3.04 bits per heavy atom. The Labute approximate surface area is 166 Å². The Bertz CT molecular complexity index is 1040. The number of aromatic amines is 1. The van der Waals surface area contributed by atoms with Crippen LogP contribution in [-0.2, 0) is 11.8 Å². The molecular weight excluding hydrogens is 382 g/mol. The van der Waals surface area contributed by atoms with Crippen LogP contribution in [0.3, 0.4) is 0 Å². The molecule has 9 nitrogen and oxygen atoms in total. The van der Waals surface area contributed by atoms with Crippen LogP contribution in [0.2, 0.25) is 5.02 Å². The number of amides is 1. The summed E-state index contributed by atoms with van der Waals surface area (Å²) in [6.07, 6.45) is 6.95. The number of carbonyl (C=O) groups is 1. The van der Waals surface area contributed by atoms with Gasteiger partial charge in [-0.3, -0.25) is 9.48 Å². The zero-order chi connectivity index (χ0) is 19.8. The first kappa shape index (κ1) is 18.3. The van der Waals surface area contributed by atoms with E-state index in [0.29, 0.717) is 40.8 Å². The highest BCUT2D eigenvalue weighted by atomic mass is 35.5. The number of nitrogens with zero attached hydrogens (tertiary/aromatic N) is 5. The quantitative estimate of drug-likeness (QED) is 0.637. The van der Waals surface area contributed by atoms with Gasteiger partial charge in [-0.05, 0) is 13.0 Å². The van der Waals surface area contributed by atoms with Gasteiger partial charge in [0.2, 0.25) is 17.7 Å². The van der Waals surface area contributed by atoms with Gasteiger partial charge in [0, 0.05) is 31.9 Å². The number of hydrogen-bond donors (Lipinski definition) is 2. The highest BCUT2D eigenvalue weighted by Gasteiger charge is 2.33. The van der Waals surface area contributed by atoms with E-state index < -0.39 is 0 Å². The van der Waals surface area contributed by atoms with Gasteiger partial charge in [0.15, 0.2) is 0 Å². The first-order valence-electron chi connectivity index (χ1n) is 8.84. The molecule has 4 heterocycles. The minimum Gasteiger partial charge on any atom is -0.472 e. The van der Waals surface area contributed by atoms with Crippen molar-refractivity contribution in [3.05, 3.63) is 36.3 Å². The zero-order valence-corrected chi connectivity index (χ0v) is 16.3. The number of halogens is 1. The lowest BCUT2D eigenvalue weighted by Gasteiger charge is -2.19. The summed E-state index contributed by atoms with van der Waals surface area (Å²) in [4.78, 5) is 25.7. The molecule has 1 aliphatic heterocycles. The average Bonchev–Trinajstić information content (AvgIpc) is 3.34. The number of ether oxygens (including phenoxy) is 1. The van der Waals surface area contributed by atoms with E-state index >= 15 is 0 Å². The number of carbonyl (C=O) groups excluding carboxylic acids is 1. The van der Waals surface area contributed by atoms with Crippen LogP contribution in [0, 0.1) is 0 Å². The van der Waals surface area contributed by atoms with Crippen molar-refractivity contribution in [3.8, 4) is 5.88 Å². The summed E-state index contributed by atoms with van der Waals surface area (Å²) < 4.78 is 7.84. The molecule has 1 aliphatic rings. The average molecular weight is 402 g/mol. The van der Waals surface area contributed by atoms with Gasteiger partial charge in [0.05, 0.1) is 28.8 Å². The topological polar surface area (TPSA) is 101 Å². The van der Waals surface area contributed by atoms with Crippen molar-refractivity contribution in [2.45, 2.75) is 25.5 Å². The van der Waals surface area contributed by atoms with Crippen LogP contribution >= 0.6 is 11.6 Å². The zero-order valence-electron chi connectivity index (χ0n) is 15.5. The predicted molar refractivity (Wildman–Crippen MR) is 106 cm³/mol. The summed E-state index contributed by atoms with van der Waals surface area (Å²) in [5.41, 5.74) is 1.31. The Morgan fingerprint density at radius 1 is 1.50 bits per heavy atom. The number of rotatable bonds is 5. The molecule has 4 rings (SSSR count). The number of aromatic nitrogens is 5. The third kappa shape index (κ3) is 3.40. The molecule has 0 saturated carbocycles. The Balaban J connectivity index is 1.63. The number of aryl methyl sites for hydroxylation is 1. The summed E-state index contributed by atoms with van der Waals surface area (Å²) in [5.74, 6) is 0.622. The van der Waals surface area contributed by atoms with Crippen LogP contribution < -0.4 is 10.1 Å². The lowest BCUT2D eigenvalue weighted by Crippen LogP contribution is -2.33. The molecule has 1 amide bonds. The number of H-pyrrole nitrogens is 1. The van der Waals surface area contributed by atoms with Gasteiger partial charge in [-0.15, -0.1) is 0 Å². The summed E-state index contributed by atoms with van der Waals surface area (Å²) in [7, 11) is 1.83. The van der Waals surface area contributed by atoms with Crippen LogP contribution in [0.15, 0.2) is 31.2 Å². The lowest BCUT2D eigenvalue weighted by atomic mass is 10.2. The molecule has 1 fully saturated rings. The van der Waals surface area contributed by atoms with Crippen molar-refractivity contribution in [2.24, 2.45) is 7.05 Å². The van der Waals surface area contributed by atoms with Gasteiger partial charge in [-0.25, -0.2) is 0 Å². The Hall–Kier alpha value is -3.07. The maximum absolute atomic E-state index is 12.0. The van der Waals surface area contributed by atoms with Gasteiger partial charge >= 0.3 is 0 Å². The number of fused-ring (bicyclic) bond motifs is 1. The van der Waals surface area contributed by atoms with Crippen molar-refractivity contribution in [1.82, 2.24) is 29.6 Å². The van der Waals surface area contributed by atoms with Crippen LogP contribution in [0.25, 0.3) is 11.0 Å². The Kier molecular flexibility index (Phi) is 4.68. The normalized spacial score (nSPS) is 19.2. The molecule has 0 unspecified atom stereocenters. The van der Waals surface area contributed by atoms with E-state index in [1.54, 1.807) is 22.0 Å². The molecule has 28 heavy (non-hydrogen) atoms. The highest BCUT2D eigenvalue weighted by molar-refractivity contribution is 6.35. The summed E-state index contributed by atoms with van der Waals surface area (Å²) >= 11 is 6.31. The van der Waals surface area contributed by atoms with E-state index in [1.807, 2.05) is 20.2 Å². The monoisotopic (exact) mass is 401 g/mol. The first-order chi connectivity index (χ1) is 13.4. The molecule has 0 aliphatic carbocycles. The third-order valence-electron chi connectivity index (χ3n) is 4.68. The standard InChI is InChI=1S/C18H20ClN7O2/c1-4-14(27)26-9-12(5-10(26)2)28-17-15-13(19)7-20-16(15)23-18(24-17)22-11-6-21-25(3)8-11/h4,6-8,10,12H,1,5,9H2,2-3H3,(H2,20,22,23,24)/t10-,12+/m0/s1. The van der Waals surface area contributed by atoms with E-state index in [4.69, 9.17) is 16.3 Å². The van der Waals surface area contributed by atoms with Crippen LogP contribution in [0.5, 0.6) is 5.88 Å². The van der Waals surface area contributed by atoms with E-state index in [-0.39, 0.29) is 18.1 Å². The van der Waals surface area contributed by atoms with Crippen molar-refractivity contribution in [2.75, 3.05) is 11.9 Å². The van der Waals surface area contributed by atoms with E-state index in [9.17, 15) is 4.79 Å². The predicted octanol–water partition coefficient (Wildman–Crippen LogP) is 2.64. The van der Waals surface area contributed by atoms with E-state index in [0.717, 1.165) is 5.69 Å². The Morgan fingerprint density at radius 2 is 2.32 bits per heavy atom. The first-order valence-corrected chi connectivity index (χ1v) is 9.22. The fourth-order valence-corrected chi connectivity index (χ4v) is 3.59. The van der Waals surface area contributed by atoms with Gasteiger partial charge in [-0.1, -0.05) is 18.2 Å². The largest absolute Gasteiger partial charge is 0.472 e. The van der Waals surface area contributed by atoms with Crippen molar-refractivity contribution in [3.63, 3.8) is 0 Å². The summed E-state index contributed by atoms with van der Waals surface area (Å²) in [5, 5.41) is 8.31. The number of hydrogen-bond acceptors (Lipinski definition) is 6. The molecule has 10 heteroatoms. The molecule has 0 spiro atoms. The molecule has 0 radical (unpaired) electrons. The highest BCUT2D eigenvalue weighted by Crippen LogP contribution is 2.33. The van der Waals surface area contributed by atoms with E-state index in [1.165, 1.54) is 6.08 Å². The summed E-state index contributed by atoms with van der Waals surface area (Å²) in [6, 6.07) is 0.0579. The fourth-order valence-electron chi connectivity index (χ4n) is 3.37. The molecule has 2 N–H and O–H groups in total. The fraction of sp³-hybridized carbons (Fsp3) is 0.333. The molecule has 2 atom stereocenters. The second kappa shape index (κ2) is 7.16. The molecule has 146 valence electrons. The van der Waals surface area contributed by atoms with Gasteiger partial charge in [0.25, 0.3) is 0 Å². The molecule has 0 aromatic carbocycles. The SMILES string of the molecule is C=CC(=O)N1C[C@H](Oc2nc(Nc3cnn(C)c3)nc3[nH]cc(Cl)c23)C[C@@H]1C. The van der Waals surface area contributed by atoms with Gasteiger partial charge in [0.1, 0.15) is 11.8 Å². The van der Waals surface area contributed by atoms with Crippen LogP contribution in [0.4, 0.5) is 11.6 Å². The summed E-state index contributed by atoms with van der Waals surface area (Å²) in [6.45, 7) is 6.01.